The van der Waals surface area contributed by atoms with Crippen LogP contribution in [0.4, 0.5) is 17.1 Å². The average molecular weight is 698 g/mol. The van der Waals surface area contributed by atoms with Gasteiger partial charge in [-0.2, -0.15) is 0 Å². The van der Waals surface area contributed by atoms with Crippen molar-refractivity contribution in [3.8, 4) is 33.4 Å². The molecule has 4 aliphatic carbocycles. The molecule has 0 aromatic heterocycles. The molecule has 4 saturated carbocycles. The second-order valence-corrected chi connectivity index (χ2v) is 17.8. The number of benzene rings is 7. The summed E-state index contributed by atoms with van der Waals surface area (Å²) in [6, 6.07) is 61.5. The van der Waals surface area contributed by atoms with Crippen molar-refractivity contribution in [1.29, 1.82) is 0 Å². The normalized spacial score (nSPS) is 24.6. The predicted octanol–water partition coefficient (Wildman–Crippen LogP) is 14.3. The highest BCUT2D eigenvalue weighted by atomic mass is 15.1. The Morgan fingerprint density at radius 3 is 1.54 bits per heavy atom. The summed E-state index contributed by atoms with van der Waals surface area (Å²) in [6.07, 6.45) is 5.72. The maximum absolute atomic E-state index is 2.55. The number of fused-ring (bicyclic) bond motifs is 1. The van der Waals surface area contributed by atoms with Gasteiger partial charge in [-0.3, -0.25) is 0 Å². The van der Waals surface area contributed by atoms with E-state index in [2.05, 4.69) is 189 Å². The van der Waals surface area contributed by atoms with E-state index in [9.17, 15) is 0 Å². The summed E-state index contributed by atoms with van der Waals surface area (Å²) in [5.41, 5.74) is 15.0. The Morgan fingerprint density at radius 2 is 0.963 bits per heavy atom. The first-order valence-corrected chi connectivity index (χ1v) is 20.1. The van der Waals surface area contributed by atoms with Crippen LogP contribution in [0, 0.1) is 23.2 Å². The van der Waals surface area contributed by atoms with E-state index in [0.717, 1.165) is 17.8 Å². The fourth-order valence-electron chi connectivity index (χ4n) is 12.2. The molecular formula is C53H47N. The van der Waals surface area contributed by atoms with Gasteiger partial charge in [0, 0.05) is 22.1 Å². The summed E-state index contributed by atoms with van der Waals surface area (Å²) >= 11 is 0. The summed E-state index contributed by atoms with van der Waals surface area (Å²) in [4.78, 5) is 2.55. The van der Waals surface area contributed by atoms with Crippen LogP contribution in [0.1, 0.15) is 57.6 Å². The summed E-state index contributed by atoms with van der Waals surface area (Å²) in [5, 5.41) is 2.84. The first-order chi connectivity index (χ1) is 26.4. The molecule has 1 nitrogen and oxygen atoms in total. The van der Waals surface area contributed by atoms with Crippen LogP contribution in [0.15, 0.2) is 164 Å². The highest BCUT2D eigenvalue weighted by Gasteiger charge is 2.87. The summed E-state index contributed by atoms with van der Waals surface area (Å²) in [7, 11) is 0. The fourth-order valence-corrected chi connectivity index (χ4v) is 12.2. The van der Waals surface area contributed by atoms with Crippen molar-refractivity contribution < 1.29 is 0 Å². The minimum absolute atomic E-state index is 0.0904. The maximum Gasteiger partial charge on any atom is 0.0540 e. The summed E-state index contributed by atoms with van der Waals surface area (Å²) in [6.45, 7) is 6.86. The molecule has 264 valence electrons. The SMILES string of the molecule is CC(C)(C)c1ccc(-c2ccccc2N(c2ccccc2-c2ccccc2)c2ccccc2-c2cccc3cccc(C45CC6CC7CC(C4)C765)c23)cc1. The zero-order valence-electron chi connectivity index (χ0n) is 31.6. The lowest BCUT2D eigenvalue weighted by Crippen LogP contribution is -2.87. The summed E-state index contributed by atoms with van der Waals surface area (Å²) < 4.78 is 0. The van der Waals surface area contributed by atoms with Gasteiger partial charge in [-0.05, 0) is 111 Å². The number of hydrogen-bond donors (Lipinski definition) is 0. The molecule has 0 radical (unpaired) electrons. The van der Waals surface area contributed by atoms with Crippen molar-refractivity contribution in [3.63, 3.8) is 0 Å². The van der Waals surface area contributed by atoms with Crippen molar-refractivity contribution >= 4 is 27.8 Å². The molecule has 4 fully saturated rings. The lowest BCUT2D eigenvalue weighted by Gasteiger charge is -2.91. The number of rotatable bonds is 7. The lowest BCUT2D eigenvalue weighted by atomic mass is 9.12. The van der Waals surface area contributed by atoms with Crippen molar-refractivity contribution in [2.45, 2.75) is 57.3 Å². The number of para-hydroxylation sites is 3. The maximum atomic E-state index is 2.55. The molecule has 0 heterocycles. The van der Waals surface area contributed by atoms with Crippen LogP contribution in [0.3, 0.4) is 0 Å². The van der Waals surface area contributed by atoms with Crippen LogP contribution in [0.5, 0.6) is 0 Å². The fraction of sp³-hybridized carbons (Fsp3) is 0.245. The monoisotopic (exact) mass is 697 g/mol. The van der Waals surface area contributed by atoms with Crippen LogP contribution in [-0.4, -0.2) is 0 Å². The number of nitrogens with zero attached hydrogens (tertiary/aromatic N) is 1. The highest BCUT2D eigenvalue weighted by molar-refractivity contribution is 6.05. The molecule has 2 atom stereocenters. The third-order valence-corrected chi connectivity index (χ3v) is 14.5. The highest BCUT2D eigenvalue weighted by Crippen LogP contribution is 2.93. The Hall–Kier alpha value is -5.40. The van der Waals surface area contributed by atoms with Gasteiger partial charge in [0.25, 0.3) is 0 Å². The molecule has 2 unspecified atom stereocenters. The number of hydrogen-bond acceptors (Lipinski definition) is 1. The quantitative estimate of drug-likeness (QED) is 0.160. The van der Waals surface area contributed by atoms with Gasteiger partial charge < -0.3 is 4.90 Å². The minimum atomic E-state index is 0.0904. The molecule has 0 saturated heterocycles. The molecule has 1 heteroatoms. The van der Waals surface area contributed by atoms with E-state index in [4.69, 9.17) is 0 Å². The predicted molar refractivity (Wildman–Crippen MR) is 227 cm³/mol. The molecule has 0 bridgehead atoms. The molecule has 4 aliphatic rings. The van der Waals surface area contributed by atoms with Gasteiger partial charge in [-0.15, -0.1) is 0 Å². The molecular weight excluding hydrogens is 651 g/mol. The molecule has 54 heavy (non-hydrogen) atoms. The first kappa shape index (κ1) is 32.1. The average Bonchev–Trinajstić information content (AvgIpc) is 3.17. The molecule has 11 rings (SSSR count). The largest absolute Gasteiger partial charge is 0.309 e. The molecule has 0 amide bonds. The van der Waals surface area contributed by atoms with E-state index in [1.807, 2.05) is 0 Å². The Kier molecular flexibility index (Phi) is 6.86. The van der Waals surface area contributed by atoms with Crippen molar-refractivity contribution in [2.24, 2.45) is 23.2 Å². The van der Waals surface area contributed by atoms with E-state index in [-0.39, 0.29) is 5.41 Å². The van der Waals surface area contributed by atoms with Crippen LogP contribution in [-0.2, 0) is 10.8 Å². The minimum Gasteiger partial charge on any atom is -0.309 e. The third kappa shape index (κ3) is 4.27. The van der Waals surface area contributed by atoms with E-state index in [0.29, 0.717) is 10.8 Å². The van der Waals surface area contributed by atoms with Gasteiger partial charge in [0.1, 0.15) is 0 Å². The molecule has 0 aliphatic heterocycles. The van der Waals surface area contributed by atoms with Gasteiger partial charge in [0.2, 0.25) is 0 Å². The van der Waals surface area contributed by atoms with Gasteiger partial charge >= 0.3 is 0 Å². The van der Waals surface area contributed by atoms with Gasteiger partial charge in [0.05, 0.1) is 17.1 Å². The zero-order chi connectivity index (χ0) is 36.2. The van der Waals surface area contributed by atoms with Gasteiger partial charge in [0.15, 0.2) is 0 Å². The van der Waals surface area contributed by atoms with Crippen molar-refractivity contribution in [2.75, 3.05) is 4.90 Å². The van der Waals surface area contributed by atoms with Gasteiger partial charge in [-0.25, -0.2) is 0 Å². The molecule has 7 aromatic rings. The molecule has 0 N–H and O–H groups in total. The second kappa shape index (κ2) is 11.6. The van der Waals surface area contributed by atoms with E-state index < -0.39 is 0 Å². The Labute approximate surface area is 320 Å². The molecule has 1 spiro atoms. The Bertz CT molecular complexity index is 2540. The number of anilines is 3. The van der Waals surface area contributed by atoms with Crippen molar-refractivity contribution in [1.82, 2.24) is 0 Å². The van der Waals surface area contributed by atoms with Crippen molar-refractivity contribution in [3.05, 3.63) is 175 Å². The Morgan fingerprint density at radius 1 is 0.463 bits per heavy atom. The topological polar surface area (TPSA) is 3.24 Å². The van der Waals surface area contributed by atoms with Crippen LogP contribution < -0.4 is 4.90 Å². The lowest BCUT2D eigenvalue weighted by molar-refractivity contribution is -0.394. The smallest absolute Gasteiger partial charge is 0.0540 e. The van der Waals surface area contributed by atoms with E-state index in [1.165, 1.54) is 92.5 Å². The first-order valence-electron chi connectivity index (χ1n) is 20.1. The second-order valence-electron chi connectivity index (χ2n) is 17.8. The van der Waals surface area contributed by atoms with E-state index in [1.54, 1.807) is 5.56 Å². The summed E-state index contributed by atoms with van der Waals surface area (Å²) in [5.74, 6) is 2.89. The van der Waals surface area contributed by atoms with Crippen LogP contribution in [0.2, 0.25) is 0 Å². The van der Waals surface area contributed by atoms with Crippen LogP contribution >= 0.6 is 0 Å². The zero-order valence-corrected chi connectivity index (χ0v) is 31.6. The van der Waals surface area contributed by atoms with Gasteiger partial charge in [-0.1, -0.05) is 166 Å². The Balaban J connectivity index is 1.15. The standard InChI is InChI=1S/C53H47N/c1-51(2,3)38-29-27-36(28-30-38)43-20-8-11-25-48(43)54(47-24-10-7-19-42(47)35-15-5-4-6-16-35)49-26-12-9-21-44(49)45-22-13-17-37-18-14-23-46(50(37)45)52-33-40-31-39-32-41(34-52)53(39,40)52/h4-30,39-41H,31-34H2,1-3H3. The molecule has 7 aromatic carbocycles. The third-order valence-electron chi connectivity index (χ3n) is 14.5. The van der Waals surface area contributed by atoms with Crippen LogP contribution in [0.25, 0.3) is 44.2 Å². The van der Waals surface area contributed by atoms with E-state index >= 15 is 0 Å².